The van der Waals surface area contributed by atoms with Crippen LogP contribution in [0.1, 0.15) is 21.8 Å². The maximum absolute atomic E-state index is 14.5. The molecule has 3 aromatic rings. The molecule has 0 heterocycles. The molecule has 12 heteroatoms. The summed E-state index contributed by atoms with van der Waals surface area (Å²) in [5.41, 5.74) is -0.145. The van der Waals surface area contributed by atoms with Gasteiger partial charge in [-0.25, -0.2) is 13.2 Å². The van der Waals surface area contributed by atoms with Gasteiger partial charge in [-0.2, -0.15) is 0 Å². The van der Waals surface area contributed by atoms with E-state index in [1.165, 1.54) is 25.2 Å². The molecule has 1 N–H and O–H groups in total. The Morgan fingerprint density at radius 3 is 2.17 bits per heavy atom. The zero-order chi connectivity index (χ0) is 26.5. The number of alkyl halides is 2. The molecule has 4 rings (SSSR count). The molecule has 3 aromatic carbocycles. The Morgan fingerprint density at radius 1 is 0.917 bits per heavy atom. The maximum atomic E-state index is 14.5. The van der Waals surface area contributed by atoms with E-state index >= 15 is 0 Å². The van der Waals surface area contributed by atoms with Gasteiger partial charge in [0.25, 0.3) is 5.91 Å². The molecule has 2 atom stereocenters. The van der Waals surface area contributed by atoms with Crippen molar-refractivity contribution in [1.29, 1.82) is 0 Å². The Balaban J connectivity index is 1.55. The number of halogens is 8. The summed E-state index contributed by atoms with van der Waals surface area (Å²) in [5, 5.41) is 3.03. The summed E-state index contributed by atoms with van der Waals surface area (Å²) in [4.78, 5) is 26.6. The van der Waals surface area contributed by atoms with Crippen LogP contribution in [0, 0.1) is 23.4 Å². The van der Waals surface area contributed by atoms with E-state index in [-0.39, 0.29) is 26.4 Å². The first-order valence-corrected chi connectivity index (χ1v) is 12.1. The summed E-state index contributed by atoms with van der Waals surface area (Å²) in [6.07, 6.45) is 0. The molecule has 0 saturated heterocycles. The first-order chi connectivity index (χ1) is 16.8. The molecule has 0 unspecified atom stereocenters. The predicted octanol–water partition coefficient (Wildman–Crippen LogP) is 7.87. The Labute approximate surface area is 228 Å². The van der Waals surface area contributed by atoms with Crippen LogP contribution in [0.2, 0.25) is 15.1 Å². The molecular formula is C24H14Cl5F3N2O2. The van der Waals surface area contributed by atoms with Crippen molar-refractivity contribution < 1.29 is 22.8 Å². The first kappa shape index (κ1) is 26.9. The van der Waals surface area contributed by atoms with E-state index in [2.05, 4.69) is 5.32 Å². The van der Waals surface area contributed by atoms with Crippen LogP contribution in [0.3, 0.4) is 0 Å². The van der Waals surface area contributed by atoms with Gasteiger partial charge in [-0.1, -0.05) is 34.8 Å². The third-order valence-corrected chi connectivity index (χ3v) is 7.88. The summed E-state index contributed by atoms with van der Waals surface area (Å²) < 4.78 is 40.3. The van der Waals surface area contributed by atoms with Crippen molar-refractivity contribution in [2.75, 3.05) is 17.3 Å². The predicted molar refractivity (Wildman–Crippen MR) is 136 cm³/mol. The van der Waals surface area contributed by atoms with Crippen LogP contribution < -0.4 is 10.2 Å². The number of rotatable bonds is 5. The largest absolute Gasteiger partial charge is 0.326 e. The number of nitrogens with one attached hydrogen (secondary N) is 1. The highest BCUT2D eigenvalue weighted by molar-refractivity contribution is 6.54. The lowest BCUT2D eigenvalue weighted by Crippen LogP contribution is -2.28. The zero-order valence-electron chi connectivity index (χ0n) is 18.1. The van der Waals surface area contributed by atoms with Crippen LogP contribution in [0.15, 0.2) is 48.5 Å². The number of hydrogen-bond acceptors (Lipinski definition) is 2. The highest BCUT2D eigenvalue weighted by Gasteiger charge is 2.67. The molecule has 1 aliphatic rings. The molecule has 0 bridgehead atoms. The number of benzene rings is 3. The van der Waals surface area contributed by atoms with Crippen LogP contribution in [0.4, 0.5) is 24.5 Å². The third kappa shape index (κ3) is 5.00. The number of anilines is 2. The SMILES string of the molecule is CN(C(=O)c1cc(NC(=O)[C@@H]2[C@@H](c3cc(Cl)c(Cl)c(Cl)c3)C2(Cl)Cl)ccc1F)c1ccc(F)cc1F. The molecule has 188 valence electrons. The second kappa shape index (κ2) is 9.95. The number of carbonyl (C=O) groups excluding carboxylic acids is 2. The van der Waals surface area contributed by atoms with E-state index in [9.17, 15) is 22.8 Å². The Kier molecular flexibility index (Phi) is 7.43. The monoisotopic (exact) mass is 594 g/mol. The Hall–Kier alpha value is -2.16. The molecule has 36 heavy (non-hydrogen) atoms. The minimum atomic E-state index is -1.48. The molecule has 2 amide bonds. The molecule has 1 aliphatic carbocycles. The van der Waals surface area contributed by atoms with E-state index in [1.54, 1.807) is 0 Å². The van der Waals surface area contributed by atoms with Crippen molar-refractivity contribution in [3.05, 3.63) is 92.2 Å². The van der Waals surface area contributed by atoms with Gasteiger partial charge in [-0.05, 0) is 48.0 Å². The summed E-state index contributed by atoms with van der Waals surface area (Å²) in [5.74, 6) is -5.85. The fourth-order valence-electron chi connectivity index (χ4n) is 3.85. The average Bonchev–Trinajstić information content (AvgIpc) is 3.39. The van der Waals surface area contributed by atoms with E-state index in [4.69, 9.17) is 58.0 Å². The van der Waals surface area contributed by atoms with Gasteiger partial charge in [-0.3, -0.25) is 9.59 Å². The normalized spacial score (nSPS) is 18.0. The van der Waals surface area contributed by atoms with Gasteiger partial charge in [0, 0.05) is 24.7 Å². The minimum Gasteiger partial charge on any atom is -0.326 e. The quantitative estimate of drug-likeness (QED) is 0.241. The Morgan fingerprint density at radius 2 is 1.56 bits per heavy atom. The highest BCUT2D eigenvalue weighted by Crippen LogP contribution is 2.65. The molecule has 0 radical (unpaired) electrons. The molecule has 0 aliphatic heterocycles. The molecule has 0 aromatic heterocycles. The van der Waals surface area contributed by atoms with Crippen molar-refractivity contribution in [1.82, 2.24) is 0 Å². The minimum absolute atomic E-state index is 0.0692. The van der Waals surface area contributed by atoms with Crippen molar-refractivity contribution >= 4 is 81.2 Å². The van der Waals surface area contributed by atoms with Crippen molar-refractivity contribution in [2.45, 2.75) is 10.3 Å². The van der Waals surface area contributed by atoms with Crippen LogP contribution in [0.5, 0.6) is 0 Å². The van der Waals surface area contributed by atoms with Gasteiger partial charge < -0.3 is 10.2 Å². The van der Waals surface area contributed by atoms with Gasteiger partial charge >= 0.3 is 0 Å². The van der Waals surface area contributed by atoms with Crippen LogP contribution in [0.25, 0.3) is 0 Å². The Bertz CT molecular complexity index is 1380. The van der Waals surface area contributed by atoms with Gasteiger partial charge in [0.15, 0.2) is 0 Å². The smallest absolute Gasteiger partial charge is 0.261 e. The first-order valence-electron chi connectivity index (χ1n) is 10.2. The zero-order valence-corrected chi connectivity index (χ0v) is 21.8. The van der Waals surface area contributed by atoms with Gasteiger partial charge in [-0.15, -0.1) is 23.2 Å². The number of amides is 2. The maximum Gasteiger partial charge on any atom is 0.261 e. The highest BCUT2D eigenvalue weighted by atomic mass is 35.5. The molecule has 1 fully saturated rings. The fraction of sp³-hybridized carbons (Fsp3) is 0.167. The fourth-order valence-corrected chi connectivity index (χ4v) is 5.29. The summed E-state index contributed by atoms with van der Waals surface area (Å²) in [7, 11) is 1.20. The van der Waals surface area contributed by atoms with Crippen LogP contribution in [-0.2, 0) is 4.79 Å². The average molecular weight is 597 g/mol. The second-order valence-electron chi connectivity index (χ2n) is 8.07. The van der Waals surface area contributed by atoms with Gasteiger partial charge in [0.2, 0.25) is 5.91 Å². The van der Waals surface area contributed by atoms with Crippen LogP contribution in [-0.4, -0.2) is 23.2 Å². The number of nitrogens with zero attached hydrogens (tertiary/aromatic N) is 1. The van der Waals surface area contributed by atoms with E-state index in [0.29, 0.717) is 11.6 Å². The second-order valence-corrected chi connectivity index (χ2v) is 10.7. The molecule has 0 spiro atoms. The summed E-state index contributed by atoms with van der Waals surface area (Å²) in [6, 6.07) is 8.92. The lowest BCUT2D eigenvalue weighted by molar-refractivity contribution is -0.117. The van der Waals surface area contributed by atoms with E-state index < -0.39 is 51.0 Å². The van der Waals surface area contributed by atoms with Crippen LogP contribution >= 0.6 is 58.0 Å². The third-order valence-electron chi connectivity index (χ3n) is 5.74. The number of carbonyl (C=O) groups is 2. The van der Waals surface area contributed by atoms with Gasteiger partial charge in [0.1, 0.15) is 21.8 Å². The van der Waals surface area contributed by atoms with E-state index in [0.717, 1.165) is 29.2 Å². The standard InChI is InChI=1S/C24H14Cl5F3N2O2/c1-34(18-5-2-11(30)8-17(18)32)23(36)13-9-12(3-4-16(13)31)33-22(35)20-19(24(20,28)29)10-6-14(25)21(27)15(26)7-10/h2-9,19-20H,1H3,(H,33,35)/t19-,20+/m1/s1. The van der Waals surface area contributed by atoms with Crippen molar-refractivity contribution in [3.63, 3.8) is 0 Å². The van der Waals surface area contributed by atoms with Crippen molar-refractivity contribution in [2.24, 2.45) is 5.92 Å². The lowest BCUT2D eigenvalue weighted by atomic mass is 10.1. The molecular weight excluding hydrogens is 583 g/mol. The topological polar surface area (TPSA) is 49.4 Å². The lowest BCUT2D eigenvalue weighted by Gasteiger charge is -2.19. The summed E-state index contributed by atoms with van der Waals surface area (Å²) >= 11 is 30.8. The van der Waals surface area contributed by atoms with Gasteiger partial charge in [0.05, 0.1) is 32.2 Å². The van der Waals surface area contributed by atoms with E-state index in [1.807, 2.05) is 0 Å². The molecule has 4 nitrogen and oxygen atoms in total. The molecule has 1 saturated carbocycles. The van der Waals surface area contributed by atoms with Crippen molar-refractivity contribution in [3.8, 4) is 0 Å². The summed E-state index contributed by atoms with van der Waals surface area (Å²) in [6.45, 7) is 0. The number of hydrogen-bond donors (Lipinski definition) is 1.